The average molecular weight is 383 g/mol. The van der Waals surface area contributed by atoms with Gasteiger partial charge in [-0.25, -0.2) is 0 Å². The van der Waals surface area contributed by atoms with E-state index in [9.17, 15) is 4.79 Å². The molecule has 0 radical (unpaired) electrons. The molecule has 1 N–H and O–H groups in total. The van der Waals surface area contributed by atoms with Crippen LogP contribution in [0, 0.1) is 5.92 Å². The molecule has 1 saturated heterocycles. The van der Waals surface area contributed by atoms with Crippen molar-refractivity contribution in [2.24, 2.45) is 5.92 Å². The van der Waals surface area contributed by atoms with Crippen molar-refractivity contribution >= 4 is 23.4 Å². The summed E-state index contributed by atoms with van der Waals surface area (Å²) in [5.41, 5.74) is 2.46. The lowest BCUT2D eigenvalue weighted by molar-refractivity contribution is -0.121. The van der Waals surface area contributed by atoms with Crippen molar-refractivity contribution in [3.05, 3.63) is 60.2 Å². The maximum atomic E-state index is 12.2. The summed E-state index contributed by atoms with van der Waals surface area (Å²) in [7, 11) is 0. The first kappa shape index (κ1) is 19.8. The third-order valence-electron chi connectivity index (χ3n) is 5.26. The van der Waals surface area contributed by atoms with Gasteiger partial charge in [-0.15, -0.1) is 11.8 Å². The lowest BCUT2D eigenvalue weighted by Crippen LogP contribution is -2.32. The van der Waals surface area contributed by atoms with Crippen molar-refractivity contribution in [2.45, 2.75) is 44.0 Å². The Hall–Kier alpha value is -1.94. The first-order valence-corrected chi connectivity index (χ1v) is 10.9. The van der Waals surface area contributed by atoms with Gasteiger partial charge in [0.1, 0.15) is 0 Å². The molecule has 0 aromatic heterocycles. The van der Waals surface area contributed by atoms with E-state index in [-0.39, 0.29) is 11.9 Å². The van der Waals surface area contributed by atoms with Crippen LogP contribution in [0.3, 0.4) is 0 Å². The molecule has 3 nitrogen and oxygen atoms in total. The zero-order valence-electron chi connectivity index (χ0n) is 16.4. The molecule has 0 bridgehead atoms. The fourth-order valence-corrected chi connectivity index (χ4v) is 4.29. The first-order valence-electron chi connectivity index (χ1n) is 9.94. The molecule has 1 heterocycles. The topological polar surface area (TPSA) is 32.3 Å². The molecule has 1 amide bonds. The first-order chi connectivity index (χ1) is 13.1. The fourth-order valence-electron chi connectivity index (χ4n) is 3.42. The molecule has 3 rings (SSSR count). The van der Waals surface area contributed by atoms with Gasteiger partial charge in [0.05, 0.1) is 6.04 Å². The van der Waals surface area contributed by atoms with Crippen LogP contribution in [0.5, 0.6) is 0 Å². The van der Waals surface area contributed by atoms with Crippen molar-refractivity contribution in [1.82, 2.24) is 5.32 Å². The third-order valence-corrected chi connectivity index (χ3v) is 6.27. The Morgan fingerprint density at radius 3 is 2.44 bits per heavy atom. The van der Waals surface area contributed by atoms with E-state index in [4.69, 9.17) is 0 Å². The number of carbonyl (C=O) groups excluding carboxylic acids is 1. The van der Waals surface area contributed by atoms with Crippen LogP contribution < -0.4 is 10.2 Å². The second-order valence-electron chi connectivity index (χ2n) is 7.46. The number of thioether (sulfide) groups is 1. The molecule has 2 aromatic carbocycles. The van der Waals surface area contributed by atoms with Gasteiger partial charge in [0, 0.05) is 35.8 Å². The van der Waals surface area contributed by atoms with Gasteiger partial charge in [-0.1, -0.05) is 37.3 Å². The van der Waals surface area contributed by atoms with Gasteiger partial charge in [0.25, 0.3) is 0 Å². The van der Waals surface area contributed by atoms with Crippen LogP contribution in [0.4, 0.5) is 5.69 Å². The quantitative estimate of drug-likeness (QED) is 0.661. The number of piperidine rings is 1. The predicted octanol–water partition coefficient (Wildman–Crippen LogP) is 5.28. The van der Waals surface area contributed by atoms with E-state index in [0.29, 0.717) is 6.42 Å². The zero-order chi connectivity index (χ0) is 19.1. The van der Waals surface area contributed by atoms with Gasteiger partial charge in [-0.05, 0) is 55.5 Å². The van der Waals surface area contributed by atoms with Crippen LogP contribution in [-0.4, -0.2) is 24.7 Å². The minimum Gasteiger partial charge on any atom is -0.372 e. The molecule has 1 atom stereocenters. The van der Waals surface area contributed by atoms with Crippen LogP contribution in [0.25, 0.3) is 0 Å². The molecule has 0 spiro atoms. The maximum absolute atomic E-state index is 12.2. The van der Waals surface area contributed by atoms with E-state index in [2.05, 4.69) is 60.5 Å². The summed E-state index contributed by atoms with van der Waals surface area (Å²) in [6.07, 6.45) is 3.08. The second-order valence-corrected chi connectivity index (χ2v) is 8.63. The Labute approximate surface area is 167 Å². The highest BCUT2D eigenvalue weighted by atomic mass is 32.2. The Balaban J connectivity index is 1.44. The summed E-state index contributed by atoms with van der Waals surface area (Å²) in [5.74, 6) is 1.75. The van der Waals surface area contributed by atoms with Crippen molar-refractivity contribution in [1.29, 1.82) is 0 Å². The molecule has 1 aliphatic heterocycles. The van der Waals surface area contributed by atoms with Crippen molar-refractivity contribution in [3.63, 3.8) is 0 Å². The monoisotopic (exact) mass is 382 g/mol. The predicted molar refractivity (Wildman–Crippen MR) is 115 cm³/mol. The summed E-state index contributed by atoms with van der Waals surface area (Å²) in [4.78, 5) is 15.9. The van der Waals surface area contributed by atoms with Gasteiger partial charge in [-0.2, -0.15) is 0 Å². The smallest absolute Gasteiger partial charge is 0.221 e. The van der Waals surface area contributed by atoms with Crippen LogP contribution in [0.1, 0.15) is 44.7 Å². The molecule has 144 valence electrons. The van der Waals surface area contributed by atoms with E-state index in [1.54, 1.807) is 11.8 Å². The largest absolute Gasteiger partial charge is 0.372 e. The minimum absolute atomic E-state index is 0.0367. The van der Waals surface area contributed by atoms with Gasteiger partial charge in [-0.3, -0.25) is 4.79 Å². The number of benzene rings is 2. The minimum atomic E-state index is 0.0367. The highest BCUT2D eigenvalue weighted by Crippen LogP contribution is 2.25. The van der Waals surface area contributed by atoms with Gasteiger partial charge in [0.2, 0.25) is 5.91 Å². The number of amides is 1. The molecule has 0 saturated carbocycles. The number of carbonyl (C=O) groups is 1. The number of rotatable bonds is 7. The van der Waals surface area contributed by atoms with Crippen molar-refractivity contribution in [3.8, 4) is 0 Å². The summed E-state index contributed by atoms with van der Waals surface area (Å²) >= 11 is 1.72. The molecule has 1 fully saturated rings. The Kier molecular flexibility index (Phi) is 7.22. The number of hydrogen-bond donors (Lipinski definition) is 1. The van der Waals surface area contributed by atoms with Gasteiger partial charge in [0.15, 0.2) is 0 Å². The lowest BCUT2D eigenvalue weighted by atomic mass is 9.98. The lowest BCUT2D eigenvalue weighted by Gasteiger charge is -2.32. The Morgan fingerprint density at radius 1 is 1.11 bits per heavy atom. The summed E-state index contributed by atoms with van der Waals surface area (Å²) in [5, 5.41) is 3.12. The molecular formula is C23H30N2OS. The SMILES string of the molecule is CC1CCN(c2ccc([C@@H](C)NC(=O)CCSc3ccccc3)cc2)CC1. The molecule has 1 aliphatic rings. The summed E-state index contributed by atoms with van der Waals surface area (Å²) in [6, 6.07) is 18.9. The summed E-state index contributed by atoms with van der Waals surface area (Å²) in [6.45, 7) is 6.68. The van der Waals surface area contributed by atoms with E-state index in [0.717, 1.165) is 30.3 Å². The Morgan fingerprint density at radius 2 is 1.78 bits per heavy atom. The van der Waals surface area contributed by atoms with Crippen molar-refractivity contribution < 1.29 is 4.79 Å². The summed E-state index contributed by atoms with van der Waals surface area (Å²) < 4.78 is 0. The molecule has 27 heavy (non-hydrogen) atoms. The zero-order valence-corrected chi connectivity index (χ0v) is 17.2. The third kappa shape index (κ3) is 6.03. The number of nitrogens with zero attached hydrogens (tertiary/aromatic N) is 1. The normalized spacial score (nSPS) is 16.1. The van der Waals surface area contributed by atoms with Gasteiger partial charge >= 0.3 is 0 Å². The molecule has 4 heteroatoms. The van der Waals surface area contributed by atoms with E-state index in [1.807, 2.05) is 18.2 Å². The molecule has 0 aliphatic carbocycles. The second kappa shape index (κ2) is 9.84. The van der Waals surface area contributed by atoms with E-state index >= 15 is 0 Å². The number of hydrogen-bond acceptors (Lipinski definition) is 3. The van der Waals surface area contributed by atoms with E-state index < -0.39 is 0 Å². The van der Waals surface area contributed by atoms with Gasteiger partial charge < -0.3 is 10.2 Å². The average Bonchev–Trinajstić information content (AvgIpc) is 2.69. The molecule has 2 aromatic rings. The highest BCUT2D eigenvalue weighted by Gasteiger charge is 2.16. The van der Waals surface area contributed by atoms with Crippen LogP contribution in [0.2, 0.25) is 0 Å². The molecular weight excluding hydrogens is 352 g/mol. The fraction of sp³-hybridized carbons (Fsp3) is 0.435. The van der Waals surface area contributed by atoms with E-state index in [1.165, 1.54) is 23.4 Å². The van der Waals surface area contributed by atoms with Crippen LogP contribution in [0.15, 0.2) is 59.5 Å². The maximum Gasteiger partial charge on any atom is 0.221 e. The Bertz CT molecular complexity index is 709. The molecule has 0 unspecified atom stereocenters. The van der Waals surface area contributed by atoms with Crippen LogP contribution in [-0.2, 0) is 4.79 Å². The van der Waals surface area contributed by atoms with Crippen molar-refractivity contribution in [2.75, 3.05) is 23.7 Å². The highest BCUT2D eigenvalue weighted by molar-refractivity contribution is 7.99. The number of anilines is 1. The standard InChI is InChI=1S/C23H30N2OS/c1-18-12-15-25(16-13-18)21-10-8-20(9-11-21)19(2)24-23(26)14-17-27-22-6-4-3-5-7-22/h3-11,18-19H,12-17H2,1-2H3,(H,24,26)/t19-/m1/s1. The van der Waals surface area contributed by atoms with Crippen LogP contribution >= 0.6 is 11.8 Å². The number of nitrogens with one attached hydrogen (secondary N) is 1.